The summed E-state index contributed by atoms with van der Waals surface area (Å²) in [5.41, 5.74) is 0. The number of alkyl halides is 3. The van der Waals surface area contributed by atoms with Gasteiger partial charge in [-0.3, -0.25) is 9.59 Å². The molecule has 24 heavy (non-hydrogen) atoms. The lowest BCUT2D eigenvalue weighted by molar-refractivity contribution is -0.158. The molecule has 0 aliphatic carbocycles. The second-order valence-electron chi connectivity index (χ2n) is 6.55. The zero-order valence-corrected chi connectivity index (χ0v) is 14.9. The molecule has 0 heterocycles. The van der Waals surface area contributed by atoms with E-state index in [9.17, 15) is 22.8 Å². The average molecular weight is 358 g/mol. The predicted molar refractivity (Wildman–Crippen MR) is 83.7 cm³/mol. The summed E-state index contributed by atoms with van der Waals surface area (Å²) in [7, 11) is 0. The highest BCUT2D eigenvalue weighted by molar-refractivity contribution is 5.79. The summed E-state index contributed by atoms with van der Waals surface area (Å²) >= 11 is 0. The minimum absolute atomic E-state index is 0.670. The second-order valence-corrected chi connectivity index (χ2v) is 6.55. The van der Waals surface area contributed by atoms with Crippen LogP contribution >= 0.6 is 0 Å². The van der Waals surface area contributed by atoms with E-state index < -0.39 is 42.8 Å². The number of halogens is 3. The van der Waals surface area contributed by atoms with Gasteiger partial charge in [0.1, 0.15) is 0 Å². The van der Waals surface area contributed by atoms with Gasteiger partial charge in [-0.1, -0.05) is 34.6 Å². The molecule has 2 unspecified atom stereocenters. The number of carbonyl (C=O) groups is 2. The van der Waals surface area contributed by atoms with E-state index in [4.69, 9.17) is 14.9 Å². The lowest BCUT2D eigenvalue weighted by atomic mass is 9.90. The monoisotopic (exact) mass is 358 g/mol. The number of ether oxygens (including phenoxy) is 1. The molecule has 0 aromatic rings. The van der Waals surface area contributed by atoms with Crippen LogP contribution in [0.4, 0.5) is 13.2 Å². The zero-order valence-electron chi connectivity index (χ0n) is 14.9. The van der Waals surface area contributed by atoms with Crippen LogP contribution in [0.5, 0.6) is 0 Å². The minimum atomic E-state index is -4.47. The summed E-state index contributed by atoms with van der Waals surface area (Å²) in [5, 5.41) is 17.0. The quantitative estimate of drug-likeness (QED) is 0.649. The molecule has 0 saturated carbocycles. The second kappa shape index (κ2) is 12.1. The molecule has 0 amide bonds. The summed E-state index contributed by atoms with van der Waals surface area (Å²) < 4.78 is 40.8. The summed E-state index contributed by atoms with van der Waals surface area (Å²) in [6.07, 6.45) is -6.47. The van der Waals surface area contributed by atoms with Crippen LogP contribution < -0.4 is 0 Å². The molecular weight excluding hydrogens is 329 g/mol. The number of hydrogen-bond donors (Lipinski definition) is 2. The molecule has 144 valence electrons. The lowest BCUT2D eigenvalue weighted by Crippen LogP contribution is -2.28. The third kappa shape index (κ3) is 15.6. The van der Waals surface area contributed by atoms with Gasteiger partial charge >= 0.3 is 18.1 Å². The molecule has 0 aliphatic heterocycles. The van der Waals surface area contributed by atoms with Crippen molar-refractivity contribution in [3.63, 3.8) is 0 Å². The summed E-state index contributed by atoms with van der Waals surface area (Å²) in [6.45, 7) is 11.6. The third-order valence-electron chi connectivity index (χ3n) is 2.95. The number of rotatable bonds is 9. The Balaban J connectivity index is 0. The first-order valence-corrected chi connectivity index (χ1v) is 7.88. The first-order chi connectivity index (χ1) is 10.8. The molecule has 0 aromatic heterocycles. The highest BCUT2D eigenvalue weighted by Gasteiger charge is 2.35. The van der Waals surface area contributed by atoms with Crippen LogP contribution in [0.25, 0.3) is 0 Å². The molecule has 0 aromatic carbocycles. The maximum Gasteiger partial charge on any atom is 0.389 e. The molecule has 0 bridgehead atoms. The Morgan fingerprint density at radius 2 is 1.33 bits per heavy atom. The maximum absolute atomic E-state index is 11.8. The zero-order chi connectivity index (χ0) is 19.5. The molecule has 0 radical (unpaired) electrons. The maximum atomic E-state index is 11.8. The topological polar surface area (TPSA) is 83.8 Å². The van der Waals surface area contributed by atoms with Crippen LogP contribution in [-0.4, -0.2) is 41.5 Å². The average Bonchev–Trinajstić information content (AvgIpc) is 2.36. The van der Waals surface area contributed by atoms with Crippen LogP contribution in [0.2, 0.25) is 0 Å². The van der Waals surface area contributed by atoms with E-state index in [1.165, 1.54) is 0 Å². The summed E-state index contributed by atoms with van der Waals surface area (Å²) in [4.78, 5) is 21.0. The molecule has 0 saturated heterocycles. The van der Waals surface area contributed by atoms with Crippen LogP contribution in [0, 0.1) is 23.7 Å². The molecule has 2 atom stereocenters. The van der Waals surface area contributed by atoms with E-state index in [0.29, 0.717) is 11.8 Å². The number of carboxylic acid groups (broad SMARTS) is 2. The standard InChI is InChI=1S/C8H11F3O4.C8H18O/c1-4(6(12)13)5(7(14)15)2-3-8(9,10)11;1-7(2)5-9-6-8(3)4/h4-5H,2-3H2,1H3,(H,12,13)(H,14,15);7-8H,5-6H2,1-4H3. The van der Waals surface area contributed by atoms with Gasteiger partial charge in [0.25, 0.3) is 0 Å². The van der Waals surface area contributed by atoms with E-state index in [0.717, 1.165) is 20.1 Å². The van der Waals surface area contributed by atoms with Gasteiger partial charge in [-0.15, -0.1) is 0 Å². The van der Waals surface area contributed by atoms with Crippen molar-refractivity contribution < 1.29 is 37.7 Å². The number of aliphatic carboxylic acids is 2. The Hall–Kier alpha value is -1.31. The van der Waals surface area contributed by atoms with Crippen LogP contribution in [0.15, 0.2) is 0 Å². The lowest BCUT2D eigenvalue weighted by Gasteiger charge is -2.17. The Kier molecular flexibility index (Phi) is 12.6. The fraction of sp³-hybridized carbons (Fsp3) is 0.875. The highest BCUT2D eigenvalue weighted by Crippen LogP contribution is 2.27. The summed E-state index contributed by atoms with van der Waals surface area (Å²) in [6, 6.07) is 0. The molecule has 8 heteroatoms. The molecule has 5 nitrogen and oxygen atoms in total. The van der Waals surface area contributed by atoms with Gasteiger partial charge in [-0.05, 0) is 18.3 Å². The van der Waals surface area contributed by atoms with Gasteiger partial charge in [0.15, 0.2) is 0 Å². The van der Waals surface area contributed by atoms with Gasteiger partial charge < -0.3 is 14.9 Å². The van der Waals surface area contributed by atoms with Crippen molar-refractivity contribution in [3.05, 3.63) is 0 Å². The van der Waals surface area contributed by atoms with Crippen molar-refractivity contribution in [2.45, 2.75) is 53.6 Å². The molecular formula is C16H29F3O5. The van der Waals surface area contributed by atoms with Gasteiger partial charge in [0, 0.05) is 19.6 Å². The van der Waals surface area contributed by atoms with E-state index in [1.54, 1.807) is 0 Å². The number of hydrogen-bond acceptors (Lipinski definition) is 3. The van der Waals surface area contributed by atoms with E-state index in [2.05, 4.69) is 27.7 Å². The van der Waals surface area contributed by atoms with Gasteiger partial charge in [-0.25, -0.2) is 0 Å². The van der Waals surface area contributed by atoms with Crippen LogP contribution in [-0.2, 0) is 14.3 Å². The molecule has 0 aliphatic rings. The van der Waals surface area contributed by atoms with Gasteiger partial charge in [0.05, 0.1) is 11.8 Å². The highest BCUT2D eigenvalue weighted by atomic mass is 19.4. The van der Waals surface area contributed by atoms with Crippen molar-refractivity contribution in [3.8, 4) is 0 Å². The predicted octanol–water partition coefficient (Wildman–Crippen LogP) is 4.07. The van der Waals surface area contributed by atoms with Crippen molar-refractivity contribution in [2.24, 2.45) is 23.7 Å². The van der Waals surface area contributed by atoms with Gasteiger partial charge in [-0.2, -0.15) is 13.2 Å². The first-order valence-electron chi connectivity index (χ1n) is 7.88. The Bertz CT molecular complexity index is 359. The largest absolute Gasteiger partial charge is 0.481 e. The molecule has 0 fully saturated rings. The van der Waals surface area contributed by atoms with Crippen LogP contribution in [0.3, 0.4) is 0 Å². The van der Waals surface area contributed by atoms with Crippen molar-refractivity contribution in [2.75, 3.05) is 13.2 Å². The minimum Gasteiger partial charge on any atom is -0.481 e. The smallest absolute Gasteiger partial charge is 0.389 e. The Labute approximate surface area is 141 Å². The molecule has 2 N–H and O–H groups in total. The molecule has 0 spiro atoms. The third-order valence-corrected chi connectivity index (χ3v) is 2.95. The molecule has 0 rings (SSSR count). The van der Waals surface area contributed by atoms with Crippen molar-refractivity contribution >= 4 is 11.9 Å². The van der Waals surface area contributed by atoms with E-state index >= 15 is 0 Å². The van der Waals surface area contributed by atoms with Crippen molar-refractivity contribution in [1.82, 2.24) is 0 Å². The van der Waals surface area contributed by atoms with Gasteiger partial charge in [0.2, 0.25) is 0 Å². The first kappa shape index (κ1) is 24.9. The summed E-state index contributed by atoms with van der Waals surface area (Å²) in [5.74, 6) is -4.43. The number of carboxylic acids is 2. The SMILES string of the molecule is CC(C(=O)O)C(CCC(F)(F)F)C(=O)O.CC(C)COCC(C)C. The normalized spacial score (nSPS) is 14.1. The fourth-order valence-electron chi connectivity index (χ4n) is 1.62. The van der Waals surface area contributed by atoms with Crippen LogP contribution in [0.1, 0.15) is 47.5 Å². The fourth-order valence-corrected chi connectivity index (χ4v) is 1.62. The van der Waals surface area contributed by atoms with E-state index in [1.807, 2.05) is 0 Å². The Morgan fingerprint density at radius 3 is 1.58 bits per heavy atom. The van der Waals surface area contributed by atoms with Crippen molar-refractivity contribution in [1.29, 1.82) is 0 Å². The van der Waals surface area contributed by atoms with E-state index in [-0.39, 0.29) is 0 Å². The Morgan fingerprint density at radius 1 is 0.917 bits per heavy atom.